The summed E-state index contributed by atoms with van der Waals surface area (Å²) in [5, 5.41) is 23.5. The number of likely N-dealkylation sites (N-methyl/N-ethyl adjacent to an activating group) is 1. The normalized spacial score (nSPS) is 13.7. The number of aliphatic hydroxyl groups is 1. The molecule has 0 aliphatic rings. The van der Waals surface area contributed by atoms with Crippen LogP contribution >= 0.6 is 0 Å². The first-order chi connectivity index (χ1) is 14.0. The second kappa shape index (κ2) is 20.4. The van der Waals surface area contributed by atoms with Gasteiger partial charge >= 0.3 is 0 Å². The van der Waals surface area contributed by atoms with Crippen LogP contribution in [0.2, 0.25) is 0 Å². The van der Waals surface area contributed by atoms with Crippen molar-refractivity contribution >= 4 is 5.91 Å². The molecule has 172 valence electrons. The van der Waals surface area contributed by atoms with E-state index in [4.69, 9.17) is 5.11 Å². The predicted molar refractivity (Wildman–Crippen MR) is 123 cm³/mol. The second-order valence-electron chi connectivity index (χ2n) is 8.51. The van der Waals surface area contributed by atoms with Crippen LogP contribution in [0.25, 0.3) is 0 Å². The number of hydrogen-bond acceptors (Lipinski definition) is 3. The maximum atomic E-state index is 11.8. The molecule has 0 radical (unpaired) electrons. The van der Waals surface area contributed by atoms with Gasteiger partial charge in [-0.3, -0.25) is 4.79 Å². The fourth-order valence-corrected chi connectivity index (χ4v) is 3.41. The molecule has 0 heterocycles. The fraction of sp³-hybridized carbons (Fsp3) is 0.875. The molecule has 0 aromatic carbocycles. The highest BCUT2D eigenvalue weighted by Gasteiger charge is 2.08. The van der Waals surface area contributed by atoms with Gasteiger partial charge in [-0.15, -0.1) is 0 Å². The van der Waals surface area contributed by atoms with Gasteiger partial charge in [0.15, 0.2) is 0 Å². The van der Waals surface area contributed by atoms with Gasteiger partial charge in [0.25, 0.3) is 0 Å². The molecule has 5 nitrogen and oxygen atoms in total. The van der Waals surface area contributed by atoms with E-state index in [0.29, 0.717) is 25.9 Å². The molecule has 0 rings (SSSR count). The zero-order valence-corrected chi connectivity index (χ0v) is 19.3. The highest BCUT2D eigenvalue weighted by atomic mass is 16.5. The molecule has 1 unspecified atom stereocenters. The number of aliphatic hydroxyl groups excluding tert-OH is 1. The minimum absolute atomic E-state index is 0.0879. The average molecular weight is 413 g/mol. The van der Waals surface area contributed by atoms with Crippen molar-refractivity contribution in [2.24, 2.45) is 0 Å². The van der Waals surface area contributed by atoms with Crippen LogP contribution in [0.15, 0.2) is 12.2 Å². The Bertz CT molecular complexity index is 398. The van der Waals surface area contributed by atoms with Crippen molar-refractivity contribution in [2.75, 3.05) is 33.3 Å². The predicted octanol–water partition coefficient (Wildman–Crippen LogP) is 5.47. The summed E-state index contributed by atoms with van der Waals surface area (Å²) in [6.07, 6.45) is 22.3. The van der Waals surface area contributed by atoms with E-state index in [1.54, 1.807) is 7.05 Å². The Kier molecular flexibility index (Phi) is 19.7. The number of amides is 1. The van der Waals surface area contributed by atoms with Crippen LogP contribution in [0.1, 0.15) is 103 Å². The van der Waals surface area contributed by atoms with Crippen molar-refractivity contribution in [3.8, 4) is 0 Å². The van der Waals surface area contributed by atoms with E-state index in [9.17, 15) is 10.0 Å². The lowest BCUT2D eigenvalue weighted by atomic mass is 10.1. The SMILES string of the molecule is CCCCCCCCC=CCCCCCCCC(=O)NCCC[N+](C)([O-])CCO. The minimum atomic E-state index is -0.444. The Labute approximate surface area is 180 Å². The Morgan fingerprint density at radius 1 is 0.862 bits per heavy atom. The zero-order valence-electron chi connectivity index (χ0n) is 19.3. The van der Waals surface area contributed by atoms with E-state index >= 15 is 0 Å². The maximum Gasteiger partial charge on any atom is 0.219 e. The molecule has 0 aliphatic carbocycles. The van der Waals surface area contributed by atoms with Gasteiger partial charge in [-0.1, -0.05) is 70.4 Å². The van der Waals surface area contributed by atoms with Crippen LogP contribution in [0.5, 0.6) is 0 Å². The van der Waals surface area contributed by atoms with Crippen molar-refractivity contribution in [3.63, 3.8) is 0 Å². The van der Waals surface area contributed by atoms with E-state index in [0.717, 1.165) is 12.8 Å². The fourth-order valence-electron chi connectivity index (χ4n) is 3.41. The van der Waals surface area contributed by atoms with Crippen molar-refractivity contribution in [1.29, 1.82) is 0 Å². The Balaban J connectivity index is 3.33. The zero-order chi connectivity index (χ0) is 21.6. The minimum Gasteiger partial charge on any atom is -0.633 e. The molecule has 0 aromatic heterocycles. The summed E-state index contributed by atoms with van der Waals surface area (Å²) < 4.78 is -0.444. The average Bonchev–Trinajstić information content (AvgIpc) is 2.68. The number of quaternary nitrogens is 1. The Hall–Kier alpha value is -0.910. The maximum absolute atomic E-state index is 11.8. The van der Waals surface area contributed by atoms with Crippen LogP contribution in [0.4, 0.5) is 0 Å². The monoisotopic (exact) mass is 412 g/mol. The number of hydrogen-bond donors (Lipinski definition) is 2. The van der Waals surface area contributed by atoms with E-state index in [1.165, 1.54) is 70.6 Å². The smallest absolute Gasteiger partial charge is 0.219 e. The van der Waals surface area contributed by atoms with Gasteiger partial charge in [-0.05, 0) is 32.1 Å². The number of carbonyl (C=O) groups is 1. The van der Waals surface area contributed by atoms with Crippen LogP contribution < -0.4 is 5.32 Å². The first-order valence-electron chi connectivity index (χ1n) is 12.1. The molecular formula is C24H48N2O3. The molecule has 0 spiro atoms. The summed E-state index contributed by atoms with van der Waals surface area (Å²) in [4.78, 5) is 11.8. The van der Waals surface area contributed by atoms with E-state index < -0.39 is 4.65 Å². The highest BCUT2D eigenvalue weighted by Crippen LogP contribution is 2.10. The van der Waals surface area contributed by atoms with Crippen molar-refractivity contribution < 1.29 is 14.5 Å². The van der Waals surface area contributed by atoms with E-state index in [1.807, 2.05) is 0 Å². The summed E-state index contributed by atoms with van der Waals surface area (Å²) in [6.45, 7) is 3.35. The first-order valence-corrected chi connectivity index (χ1v) is 12.1. The lowest BCUT2D eigenvalue weighted by Crippen LogP contribution is -2.42. The van der Waals surface area contributed by atoms with Gasteiger partial charge in [0, 0.05) is 19.4 Å². The number of carbonyl (C=O) groups excluding carboxylic acids is 1. The molecular weight excluding hydrogens is 364 g/mol. The summed E-state index contributed by atoms with van der Waals surface area (Å²) in [6, 6.07) is 0. The molecule has 5 heteroatoms. The van der Waals surface area contributed by atoms with Gasteiger partial charge in [-0.2, -0.15) is 0 Å². The molecule has 0 saturated carbocycles. The molecule has 0 aliphatic heterocycles. The standard InChI is InChI=1S/C24H48N2O3/c1-3-4-5-6-7-8-9-10-11-12-13-14-15-16-17-19-24(28)25-20-18-21-26(2,29)22-23-27/h10-11,27H,3-9,12-23H2,1-2H3,(H,25,28). The van der Waals surface area contributed by atoms with Gasteiger partial charge in [0.2, 0.25) is 5.91 Å². The third-order valence-electron chi connectivity index (χ3n) is 5.37. The molecule has 1 amide bonds. The number of allylic oxidation sites excluding steroid dienone is 2. The topological polar surface area (TPSA) is 72.4 Å². The number of hydroxylamine groups is 3. The van der Waals surface area contributed by atoms with Gasteiger partial charge in [-0.25, -0.2) is 0 Å². The number of nitrogens with one attached hydrogen (secondary N) is 1. The quantitative estimate of drug-likeness (QED) is 0.114. The van der Waals surface area contributed by atoms with E-state index in [-0.39, 0.29) is 19.1 Å². The third-order valence-corrected chi connectivity index (χ3v) is 5.37. The van der Waals surface area contributed by atoms with Crippen LogP contribution in [0.3, 0.4) is 0 Å². The van der Waals surface area contributed by atoms with Crippen molar-refractivity contribution in [1.82, 2.24) is 5.32 Å². The van der Waals surface area contributed by atoms with Gasteiger partial charge in [0.1, 0.15) is 6.54 Å². The van der Waals surface area contributed by atoms with Crippen LogP contribution in [-0.4, -0.2) is 48.9 Å². The summed E-state index contributed by atoms with van der Waals surface area (Å²) in [7, 11) is 1.56. The van der Waals surface area contributed by atoms with Crippen molar-refractivity contribution in [3.05, 3.63) is 17.4 Å². The Morgan fingerprint density at radius 2 is 1.41 bits per heavy atom. The number of rotatable bonds is 21. The molecule has 0 saturated heterocycles. The second-order valence-corrected chi connectivity index (χ2v) is 8.51. The molecule has 0 fully saturated rings. The lowest BCUT2D eigenvalue weighted by molar-refractivity contribution is -0.861. The van der Waals surface area contributed by atoms with Gasteiger partial charge < -0.3 is 20.3 Å². The molecule has 2 N–H and O–H groups in total. The largest absolute Gasteiger partial charge is 0.633 e. The third kappa shape index (κ3) is 21.6. The molecule has 0 aromatic rings. The summed E-state index contributed by atoms with van der Waals surface area (Å²) >= 11 is 0. The van der Waals surface area contributed by atoms with Gasteiger partial charge in [0.05, 0.1) is 20.2 Å². The molecule has 29 heavy (non-hydrogen) atoms. The summed E-state index contributed by atoms with van der Waals surface area (Å²) in [5.41, 5.74) is 0. The lowest BCUT2D eigenvalue weighted by Gasteiger charge is -2.38. The number of nitrogens with zero attached hydrogens (tertiary/aromatic N) is 1. The summed E-state index contributed by atoms with van der Waals surface area (Å²) in [5.74, 6) is 0.0879. The molecule has 0 bridgehead atoms. The van der Waals surface area contributed by atoms with Crippen LogP contribution in [0, 0.1) is 5.21 Å². The van der Waals surface area contributed by atoms with E-state index in [2.05, 4.69) is 24.4 Å². The first kappa shape index (κ1) is 28.1. The highest BCUT2D eigenvalue weighted by molar-refractivity contribution is 5.75. The van der Waals surface area contributed by atoms with Crippen molar-refractivity contribution in [2.45, 2.75) is 103 Å². The molecule has 1 atom stereocenters. The number of unbranched alkanes of at least 4 members (excludes halogenated alkanes) is 11. The van der Waals surface area contributed by atoms with Crippen LogP contribution in [-0.2, 0) is 4.79 Å². The Morgan fingerprint density at radius 3 is 2.00 bits per heavy atom.